The number of benzene rings is 1. The van der Waals surface area contributed by atoms with Gasteiger partial charge in [0.2, 0.25) is 5.91 Å². The number of ether oxygens (including phenoxy) is 1. The summed E-state index contributed by atoms with van der Waals surface area (Å²) in [6.45, 7) is 0.974. The van der Waals surface area contributed by atoms with E-state index in [9.17, 15) is 9.59 Å². The molecule has 1 unspecified atom stereocenters. The van der Waals surface area contributed by atoms with E-state index in [2.05, 4.69) is 21.2 Å². The van der Waals surface area contributed by atoms with E-state index < -0.39 is 0 Å². The van der Waals surface area contributed by atoms with Gasteiger partial charge in [0.05, 0.1) is 6.10 Å². The number of amides is 2. The number of hydrogen-bond donors (Lipinski definition) is 1. The van der Waals surface area contributed by atoms with Crippen LogP contribution in [-0.2, 0) is 9.53 Å². The fourth-order valence-electron chi connectivity index (χ4n) is 1.79. The zero-order valence-corrected chi connectivity index (χ0v) is 12.1. The lowest BCUT2D eigenvalue weighted by atomic mass is 10.2. The number of nitrogens with one attached hydrogen (secondary N) is 1. The SMILES string of the molecule is CN1CC(CNC(=O)c2ccc(Br)cc2)OCC1=O. The minimum atomic E-state index is -0.151. The molecular weight excluding hydrogens is 312 g/mol. The summed E-state index contributed by atoms with van der Waals surface area (Å²) in [5.41, 5.74) is 0.600. The average Bonchev–Trinajstić information content (AvgIpc) is 2.40. The molecule has 0 radical (unpaired) electrons. The lowest BCUT2D eigenvalue weighted by molar-refractivity contribution is -0.146. The summed E-state index contributed by atoms with van der Waals surface area (Å²) in [6.07, 6.45) is -0.151. The van der Waals surface area contributed by atoms with Crippen LogP contribution in [0.2, 0.25) is 0 Å². The molecule has 0 spiro atoms. The zero-order chi connectivity index (χ0) is 13.8. The van der Waals surface area contributed by atoms with Gasteiger partial charge in [-0.1, -0.05) is 15.9 Å². The largest absolute Gasteiger partial charge is 0.365 e. The second kappa shape index (κ2) is 6.16. The predicted octanol–water partition coefficient (Wildman–Crippen LogP) is 1.04. The lowest BCUT2D eigenvalue weighted by Crippen LogP contribution is -2.48. The van der Waals surface area contributed by atoms with Crippen molar-refractivity contribution in [3.8, 4) is 0 Å². The van der Waals surface area contributed by atoms with E-state index in [1.165, 1.54) is 0 Å². The van der Waals surface area contributed by atoms with Crippen LogP contribution in [-0.4, -0.2) is 49.6 Å². The minimum absolute atomic E-state index is 0.0320. The number of rotatable bonds is 3. The van der Waals surface area contributed by atoms with E-state index in [-0.39, 0.29) is 24.5 Å². The quantitative estimate of drug-likeness (QED) is 0.902. The first-order valence-corrected chi connectivity index (χ1v) is 6.75. The fraction of sp³-hybridized carbons (Fsp3) is 0.385. The monoisotopic (exact) mass is 326 g/mol. The first-order chi connectivity index (χ1) is 9.06. The summed E-state index contributed by atoms with van der Waals surface area (Å²) in [7, 11) is 1.73. The van der Waals surface area contributed by atoms with Crippen molar-refractivity contribution >= 4 is 27.7 Å². The molecule has 6 heteroatoms. The van der Waals surface area contributed by atoms with E-state index in [1.54, 1.807) is 24.1 Å². The van der Waals surface area contributed by atoms with Gasteiger partial charge in [-0.05, 0) is 24.3 Å². The van der Waals surface area contributed by atoms with Crippen LogP contribution in [0.3, 0.4) is 0 Å². The van der Waals surface area contributed by atoms with E-state index in [0.717, 1.165) is 4.47 Å². The van der Waals surface area contributed by atoms with Crippen molar-refractivity contribution < 1.29 is 14.3 Å². The number of carbonyl (C=O) groups is 2. The van der Waals surface area contributed by atoms with Gasteiger partial charge in [-0.2, -0.15) is 0 Å². The van der Waals surface area contributed by atoms with Gasteiger partial charge in [0.25, 0.3) is 5.91 Å². The molecule has 2 rings (SSSR count). The van der Waals surface area contributed by atoms with Crippen LogP contribution in [0.1, 0.15) is 10.4 Å². The maximum atomic E-state index is 11.9. The third kappa shape index (κ3) is 3.78. The maximum Gasteiger partial charge on any atom is 0.251 e. The van der Waals surface area contributed by atoms with Crippen molar-refractivity contribution in [1.29, 1.82) is 0 Å². The molecule has 2 amide bonds. The molecule has 1 aromatic carbocycles. The summed E-state index contributed by atoms with van der Waals surface area (Å²) in [6, 6.07) is 7.13. The van der Waals surface area contributed by atoms with Crippen molar-refractivity contribution in [2.24, 2.45) is 0 Å². The van der Waals surface area contributed by atoms with Crippen molar-refractivity contribution in [2.75, 3.05) is 26.7 Å². The molecule has 1 aliphatic heterocycles. The summed E-state index contributed by atoms with van der Waals surface area (Å²) >= 11 is 3.32. The normalized spacial score (nSPS) is 19.4. The Morgan fingerprint density at radius 3 is 2.79 bits per heavy atom. The molecule has 1 atom stereocenters. The molecule has 1 aromatic rings. The van der Waals surface area contributed by atoms with Gasteiger partial charge in [-0.25, -0.2) is 0 Å². The Hall–Kier alpha value is -1.40. The summed E-state index contributed by atoms with van der Waals surface area (Å²) in [4.78, 5) is 24.7. The van der Waals surface area contributed by atoms with E-state index in [4.69, 9.17) is 4.74 Å². The number of halogens is 1. The second-order valence-corrected chi connectivity index (χ2v) is 5.34. The number of likely N-dealkylation sites (N-methyl/N-ethyl adjacent to an activating group) is 1. The van der Waals surface area contributed by atoms with Crippen molar-refractivity contribution in [3.05, 3.63) is 34.3 Å². The van der Waals surface area contributed by atoms with Gasteiger partial charge in [-0.15, -0.1) is 0 Å². The Morgan fingerprint density at radius 2 is 2.16 bits per heavy atom. The van der Waals surface area contributed by atoms with Crippen LogP contribution >= 0.6 is 15.9 Å². The Labute approximate surface area is 120 Å². The van der Waals surface area contributed by atoms with Crippen LogP contribution < -0.4 is 5.32 Å². The molecule has 1 heterocycles. The van der Waals surface area contributed by atoms with Crippen LogP contribution in [0, 0.1) is 0 Å². The molecule has 5 nitrogen and oxygen atoms in total. The molecule has 0 bridgehead atoms. The number of morpholine rings is 1. The van der Waals surface area contributed by atoms with Crippen LogP contribution in [0.4, 0.5) is 0 Å². The summed E-state index contributed by atoms with van der Waals surface area (Å²) in [5, 5.41) is 2.81. The molecule has 1 saturated heterocycles. The Morgan fingerprint density at radius 1 is 1.47 bits per heavy atom. The van der Waals surface area contributed by atoms with Crippen molar-refractivity contribution in [2.45, 2.75) is 6.10 Å². The predicted molar refractivity (Wildman–Crippen MR) is 73.9 cm³/mol. The minimum Gasteiger partial charge on any atom is -0.365 e. The standard InChI is InChI=1S/C13H15BrN2O3/c1-16-7-11(19-8-12(16)17)6-15-13(18)9-2-4-10(14)5-3-9/h2-5,11H,6-8H2,1H3,(H,15,18). The highest BCUT2D eigenvalue weighted by atomic mass is 79.9. The first-order valence-electron chi connectivity index (χ1n) is 5.95. The smallest absolute Gasteiger partial charge is 0.251 e. The molecular formula is C13H15BrN2O3. The molecule has 0 aromatic heterocycles. The van der Waals surface area contributed by atoms with Crippen LogP contribution in [0.25, 0.3) is 0 Å². The topological polar surface area (TPSA) is 58.6 Å². The van der Waals surface area contributed by atoms with Gasteiger partial charge in [0.1, 0.15) is 6.61 Å². The molecule has 102 valence electrons. The number of carbonyl (C=O) groups excluding carboxylic acids is 2. The van der Waals surface area contributed by atoms with Gasteiger partial charge < -0.3 is 15.0 Å². The molecule has 1 aliphatic rings. The highest BCUT2D eigenvalue weighted by molar-refractivity contribution is 9.10. The van der Waals surface area contributed by atoms with E-state index in [0.29, 0.717) is 18.7 Å². The summed E-state index contributed by atoms with van der Waals surface area (Å²) < 4.78 is 6.28. The summed E-state index contributed by atoms with van der Waals surface area (Å²) in [5.74, 6) is -0.175. The fourth-order valence-corrected chi connectivity index (χ4v) is 2.06. The zero-order valence-electron chi connectivity index (χ0n) is 10.6. The lowest BCUT2D eigenvalue weighted by Gasteiger charge is -2.29. The van der Waals surface area contributed by atoms with Crippen LogP contribution in [0.5, 0.6) is 0 Å². The van der Waals surface area contributed by atoms with Crippen molar-refractivity contribution in [1.82, 2.24) is 10.2 Å². The third-order valence-corrected chi connectivity index (χ3v) is 3.47. The molecule has 1 fully saturated rings. The van der Waals surface area contributed by atoms with E-state index in [1.807, 2.05) is 12.1 Å². The Kier molecular flexibility index (Phi) is 4.55. The van der Waals surface area contributed by atoms with Crippen LogP contribution in [0.15, 0.2) is 28.7 Å². The van der Waals surface area contributed by atoms with Gasteiger partial charge in [-0.3, -0.25) is 9.59 Å². The Bertz CT molecular complexity index is 475. The third-order valence-electron chi connectivity index (χ3n) is 2.94. The highest BCUT2D eigenvalue weighted by Crippen LogP contribution is 2.10. The second-order valence-electron chi connectivity index (χ2n) is 4.42. The van der Waals surface area contributed by atoms with Gasteiger partial charge >= 0.3 is 0 Å². The molecule has 19 heavy (non-hydrogen) atoms. The highest BCUT2D eigenvalue weighted by Gasteiger charge is 2.23. The van der Waals surface area contributed by atoms with Gasteiger partial charge in [0.15, 0.2) is 0 Å². The van der Waals surface area contributed by atoms with Gasteiger partial charge in [0, 0.05) is 30.2 Å². The van der Waals surface area contributed by atoms with E-state index >= 15 is 0 Å². The average molecular weight is 327 g/mol. The van der Waals surface area contributed by atoms with Crippen molar-refractivity contribution in [3.63, 3.8) is 0 Å². The molecule has 1 N–H and O–H groups in total. The first kappa shape index (κ1) is 14.0. The Balaban J connectivity index is 1.84. The molecule has 0 saturated carbocycles. The number of nitrogens with zero attached hydrogens (tertiary/aromatic N) is 1. The maximum absolute atomic E-state index is 11.9. The molecule has 0 aliphatic carbocycles. The number of hydrogen-bond acceptors (Lipinski definition) is 3.